The van der Waals surface area contributed by atoms with Crippen LogP contribution < -0.4 is 0 Å². The van der Waals surface area contributed by atoms with Crippen molar-refractivity contribution in [3.8, 4) is 5.69 Å². The van der Waals surface area contributed by atoms with Crippen molar-refractivity contribution < 1.29 is 14.3 Å². The Bertz CT molecular complexity index is 834. The Labute approximate surface area is 166 Å². The van der Waals surface area contributed by atoms with E-state index in [9.17, 15) is 9.59 Å². The summed E-state index contributed by atoms with van der Waals surface area (Å²) in [6.07, 6.45) is 3.25. The molecule has 6 heteroatoms. The van der Waals surface area contributed by atoms with Crippen LogP contribution in [0.1, 0.15) is 50.1 Å². The Morgan fingerprint density at radius 1 is 1.11 bits per heavy atom. The molecule has 150 valence electrons. The first kappa shape index (κ1) is 20.1. The summed E-state index contributed by atoms with van der Waals surface area (Å²) in [4.78, 5) is 26.8. The molecule has 0 saturated carbocycles. The number of likely N-dealkylation sites (tertiary alicyclic amines) is 1. The number of aryl methyl sites for hydroxylation is 1. The molecule has 0 N–H and O–H groups in total. The van der Waals surface area contributed by atoms with E-state index in [1.807, 2.05) is 53.8 Å². The van der Waals surface area contributed by atoms with Crippen LogP contribution in [-0.4, -0.2) is 45.2 Å². The third-order valence-electron chi connectivity index (χ3n) is 5.60. The zero-order valence-electron chi connectivity index (χ0n) is 17.1. The third kappa shape index (κ3) is 4.26. The van der Waals surface area contributed by atoms with E-state index in [1.54, 1.807) is 0 Å². The maximum Gasteiger partial charge on any atom is 0.310 e. The molecule has 0 unspecified atom stereocenters. The molecule has 0 aliphatic carbocycles. The zero-order valence-corrected chi connectivity index (χ0v) is 17.1. The second kappa shape index (κ2) is 8.59. The Balaban J connectivity index is 1.62. The predicted octanol–water partition coefficient (Wildman–Crippen LogP) is 3.36. The topological polar surface area (TPSA) is 64.4 Å². The van der Waals surface area contributed by atoms with Crippen LogP contribution in [0, 0.1) is 13.8 Å². The number of carbonyl (C=O) groups is 2. The highest BCUT2D eigenvalue weighted by atomic mass is 16.5. The molecule has 2 atom stereocenters. The number of hydrogen-bond donors (Lipinski definition) is 0. The summed E-state index contributed by atoms with van der Waals surface area (Å²) >= 11 is 0. The monoisotopic (exact) mass is 383 g/mol. The van der Waals surface area contributed by atoms with Gasteiger partial charge in [-0.3, -0.25) is 9.59 Å². The molecule has 1 aromatic heterocycles. The van der Waals surface area contributed by atoms with Crippen LogP contribution in [0.25, 0.3) is 5.69 Å². The molecule has 1 fully saturated rings. The molecule has 1 amide bonds. The summed E-state index contributed by atoms with van der Waals surface area (Å²) in [7, 11) is 0. The second-order valence-electron chi connectivity index (χ2n) is 7.66. The molecule has 0 bridgehead atoms. The first-order valence-corrected chi connectivity index (χ1v) is 9.95. The maximum absolute atomic E-state index is 12.5. The quantitative estimate of drug-likeness (QED) is 0.743. The summed E-state index contributed by atoms with van der Waals surface area (Å²) in [5, 5.41) is 4.56. The molecule has 2 heterocycles. The molecule has 1 aliphatic heterocycles. The smallest absolute Gasteiger partial charge is 0.310 e. The van der Waals surface area contributed by atoms with Crippen molar-refractivity contribution >= 4 is 11.9 Å². The Morgan fingerprint density at radius 2 is 1.75 bits per heavy atom. The third-order valence-corrected chi connectivity index (χ3v) is 5.60. The Morgan fingerprint density at radius 3 is 2.39 bits per heavy atom. The molecule has 28 heavy (non-hydrogen) atoms. The van der Waals surface area contributed by atoms with Crippen molar-refractivity contribution in [1.29, 1.82) is 0 Å². The van der Waals surface area contributed by atoms with Gasteiger partial charge in [-0.2, -0.15) is 5.10 Å². The van der Waals surface area contributed by atoms with E-state index in [4.69, 9.17) is 4.74 Å². The fourth-order valence-corrected chi connectivity index (χ4v) is 4.08. The fourth-order valence-electron chi connectivity index (χ4n) is 4.08. The Hall–Kier alpha value is -2.63. The number of benzene rings is 1. The summed E-state index contributed by atoms with van der Waals surface area (Å²) in [6, 6.07) is 10.2. The normalized spacial score (nSPS) is 19.5. The molecule has 0 radical (unpaired) electrons. The number of piperidine rings is 1. The van der Waals surface area contributed by atoms with Crippen molar-refractivity contribution in [2.24, 2.45) is 0 Å². The van der Waals surface area contributed by atoms with Crippen LogP contribution in [0.4, 0.5) is 0 Å². The zero-order chi connectivity index (χ0) is 20.3. The van der Waals surface area contributed by atoms with Gasteiger partial charge in [0.05, 0.1) is 17.8 Å². The summed E-state index contributed by atoms with van der Waals surface area (Å²) in [5.41, 5.74) is 3.50. The summed E-state index contributed by atoms with van der Waals surface area (Å²) in [5.74, 6) is -0.508. The first-order valence-electron chi connectivity index (χ1n) is 9.95. The number of para-hydroxylation sites is 1. The van der Waals surface area contributed by atoms with E-state index < -0.39 is 5.97 Å². The minimum Gasteiger partial charge on any atom is -0.455 e. The molecule has 1 saturated heterocycles. The maximum atomic E-state index is 12.5. The Kier molecular flexibility index (Phi) is 6.17. The van der Waals surface area contributed by atoms with Crippen LogP contribution in [0.3, 0.4) is 0 Å². The molecular weight excluding hydrogens is 354 g/mol. The highest BCUT2D eigenvalue weighted by molar-refractivity contribution is 5.82. The van der Waals surface area contributed by atoms with Gasteiger partial charge in [-0.1, -0.05) is 18.2 Å². The van der Waals surface area contributed by atoms with Gasteiger partial charge in [-0.15, -0.1) is 0 Å². The van der Waals surface area contributed by atoms with Gasteiger partial charge in [0.1, 0.15) is 0 Å². The van der Waals surface area contributed by atoms with Crippen molar-refractivity contribution in [3.63, 3.8) is 0 Å². The van der Waals surface area contributed by atoms with Crippen molar-refractivity contribution in [2.45, 2.75) is 65.5 Å². The number of esters is 1. The van der Waals surface area contributed by atoms with E-state index in [0.29, 0.717) is 0 Å². The van der Waals surface area contributed by atoms with Gasteiger partial charge in [-0.05, 0) is 59.1 Å². The molecule has 3 rings (SSSR count). The van der Waals surface area contributed by atoms with Gasteiger partial charge in [0, 0.05) is 23.3 Å². The van der Waals surface area contributed by atoms with E-state index in [2.05, 4.69) is 18.9 Å². The van der Waals surface area contributed by atoms with Crippen molar-refractivity contribution in [3.05, 3.63) is 47.3 Å². The van der Waals surface area contributed by atoms with Gasteiger partial charge in [0.25, 0.3) is 5.91 Å². The van der Waals surface area contributed by atoms with Crippen molar-refractivity contribution in [2.75, 3.05) is 6.61 Å². The highest BCUT2D eigenvalue weighted by Gasteiger charge is 2.29. The van der Waals surface area contributed by atoms with Gasteiger partial charge in [-0.25, -0.2) is 4.68 Å². The van der Waals surface area contributed by atoms with E-state index >= 15 is 0 Å². The first-order chi connectivity index (χ1) is 13.4. The molecular formula is C22H29N3O3. The summed E-state index contributed by atoms with van der Waals surface area (Å²) < 4.78 is 7.15. The average Bonchev–Trinajstić information content (AvgIpc) is 2.95. The number of carbonyl (C=O) groups excluding carboxylic acids is 2. The highest BCUT2D eigenvalue weighted by Crippen LogP contribution is 2.23. The molecule has 1 aromatic carbocycles. The van der Waals surface area contributed by atoms with Crippen LogP contribution >= 0.6 is 0 Å². The van der Waals surface area contributed by atoms with Crippen LogP contribution in [0.2, 0.25) is 0 Å². The van der Waals surface area contributed by atoms with Crippen molar-refractivity contribution in [1.82, 2.24) is 14.7 Å². The number of hydrogen-bond acceptors (Lipinski definition) is 4. The lowest BCUT2D eigenvalue weighted by Crippen LogP contribution is -2.49. The van der Waals surface area contributed by atoms with E-state index in [0.717, 1.165) is 41.9 Å². The van der Waals surface area contributed by atoms with Gasteiger partial charge in [0.15, 0.2) is 6.61 Å². The minimum atomic E-state index is -0.399. The average molecular weight is 383 g/mol. The lowest BCUT2D eigenvalue weighted by molar-refractivity contribution is -0.154. The molecule has 1 aliphatic rings. The number of ether oxygens (including phenoxy) is 1. The minimum absolute atomic E-state index is 0.110. The SMILES string of the molecule is Cc1nn(-c2ccccc2)c(C)c1CC(=O)OCC(=O)N1[C@H](C)CCC[C@@H]1C. The number of amides is 1. The fraction of sp³-hybridized carbons (Fsp3) is 0.500. The lowest BCUT2D eigenvalue weighted by atomic mass is 9.97. The number of rotatable bonds is 5. The van der Waals surface area contributed by atoms with Crippen LogP contribution in [-0.2, 0) is 20.7 Å². The number of aromatic nitrogens is 2. The standard InChI is InChI=1S/C22H29N3O3/c1-15-9-8-10-16(2)24(15)21(26)14-28-22(27)13-20-17(3)23-25(18(20)4)19-11-6-5-7-12-19/h5-7,11-12,15-16H,8-10,13-14H2,1-4H3/t15-,16+. The summed E-state index contributed by atoms with van der Waals surface area (Å²) in [6.45, 7) is 7.74. The molecule has 2 aromatic rings. The van der Waals surface area contributed by atoms with Gasteiger partial charge >= 0.3 is 5.97 Å². The van der Waals surface area contributed by atoms with E-state index in [-0.39, 0.29) is 31.0 Å². The van der Waals surface area contributed by atoms with E-state index in [1.165, 1.54) is 0 Å². The van der Waals surface area contributed by atoms with Gasteiger partial charge < -0.3 is 9.64 Å². The van der Waals surface area contributed by atoms with Crippen LogP contribution in [0.5, 0.6) is 0 Å². The largest absolute Gasteiger partial charge is 0.455 e. The second-order valence-corrected chi connectivity index (χ2v) is 7.66. The van der Waals surface area contributed by atoms with Crippen LogP contribution in [0.15, 0.2) is 30.3 Å². The van der Waals surface area contributed by atoms with Gasteiger partial charge in [0.2, 0.25) is 0 Å². The lowest BCUT2D eigenvalue weighted by Gasteiger charge is -2.38. The number of nitrogens with zero attached hydrogens (tertiary/aromatic N) is 3. The molecule has 0 spiro atoms. The molecule has 6 nitrogen and oxygen atoms in total. The predicted molar refractivity (Wildman–Crippen MR) is 107 cm³/mol.